The van der Waals surface area contributed by atoms with Crippen molar-refractivity contribution in [1.29, 1.82) is 0 Å². The van der Waals surface area contributed by atoms with Gasteiger partial charge in [0.2, 0.25) is 0 Å². The van der Waals surface area contributed by atoms with E-state index in [2.05, 4.69) is 9.97 Å². The third kappa shape index (κ3) is 1.82. The summed E-state index contributed by atoms with van der Waals surface area (Å²) in [6, 6.07) is 1.77. The van der Waals surface area contributed by atoms with Crippen LogP contribution in [0.4, 0.5) is 0 Å². The number of aromatic nitrogens is 2. The fraction of sp³-hybridized carbons (Fsp3) is 0.333. The van der Waals surface area contributed by atoms with Crippen molar-refractivity contribution in [3.63, 3.8) is 0 Å². The highest BCUT2D eigenvalue weighted by Gasteiger charge is 1.94. The first kappa shape index (κ1) is 7.76. The van der Waals surface area contributed by atoms with Crippen LogP contribution < -0.4 is 0 Å². The first-order chi connectivity index (χ1) is 4.86. The fourth-order valence-electron chi connectivity index (χ4n) is 0.580. The lowest BCUT2D eigenvalue weighted by molar-refractivity contribution is 0.983. The van der Waals surface area contributed by atoms with Gasteiger partial charge in [-0.1, -0.05) is 0 Å². The van der Waals surface area contributed by atoms with Gasteiger partial charge in [0, 0.05) is 6.20 Å². The zero-order valence-corrected chi connectivity index (χ0v) is 6.73. The molecule has 1 aromatic rings. The van der Waals surface area contributed by atoms with Gasteiger partial charge in [0.15, 0.2) is 0 Å². The molecule has 4 heteroatoms. The van der Waals surface area contributed by atoms with Crippen molar-refractivity contribution in [3.05, 3.63) is 23.8 Å². The summed E-state index contributed by atoms with van der Waals surface area (Å²) in [5.74, 6) is 1.37. The van der Waals surface area contributed by atoms with Gasteiger partial charge < -0.3 is 0 Å². The van der Waals surface area contributed by atoms with Gasteiger partial charge in [0.05, 0.1) is 17.5 Å². The molecule has 10 heavy (non-hydrogen) atoms. The molecule has 1 rings (SSSR count). The zero-order valence-electron chi connectivity index (χ0n) is 5.22. The number of hydrogen-bond donors (Lipinski definition) is 0. The first-order valence-electron chi connectivity index (χ1n) is 2.79. The fourth-order valence-corrected chi connectivity index (χ4v) is 0.858. The Labute approximate surface area is 69.2 Å². The number of alkyl halides is 2. The Morgan fingerprint density at radius 1 is 1.30 bits per heavy atom. The molecule has 0 aliphatic heterocycles. The number of nitrogens with zero attached hydrogens (tertiary/aromatic N) is 2. The van der Waals surface area contributed by atoms with Gasteiger partial charge in [0.1, 0.15) is 5.82 Å². The lowest BCUT2D eigenvalue weighted by atomic mass is 10.4. The van der Waals surface area contributed by atoms with E-state index < -0.39 is 0 Å². The van der Waals surface area contributed by atoms with Crippen LogP contribution in [0.2, 0.25) is 0 Å². The summed E-state index contributed by atoms with van der Waals surface area (Å²) in [6.45, 7) is 0. The van der Waals surface area contributed by atoms with E-state index in [0.717, 1.165) is 5.69 Å². The Hall–Kier alpha value is -0.340. The Morgan fingerprint density at radius 3 is 2.70 bits per heavy atom. The van der Waals surface area contributed by atoms with Crippen molar-refractivity contribution < 1.29 is 0 Å². The Bertz CT molecular complexity index is 195. The summed E-state index contributed by atoms with van der Waals surface area (Å²) in [5, 5.41) is 0. The van der Waals surface area contributed by atoms with Gasteiger partial charge in [-0.05, 0) is 6.07 Å². The van der Waals surface area contributed by atoms with Gasteiger partial charge in [0.25, 0.3) is 0 Å². The van der Waals surface area contributed by atoms with E-state index in [0.29, 0.717) is 17.6 Å². The topological polar surface area (TPSA) is 25.8 Å². The summed E-state index contributed by atoms with van der Waals surface area (Å²) in [5.41, 5.74) is 0.812. The van der Waals surface area contributed by atoms with Crippen LogP contribution in [0, 0.1) is 0 Å². The molecule has 0 fully saturated rings. The number of halogens is 2. The minimum absolute atomic E-state index is 0.338. The van der Waals surface area contributed by atoms with Crippen molar-refractivity contribution in [2.24, 2.45) is 0 Å². The quantitative estimate of drug-likeness (QED) is 0.645. The van der Waals surface area contributed by atoms with Gasteiger partial charge in [-0.3, -0.25) is 0 Å². The zero-order chi connectivity index (χ0) is 7.40. The van der Waals surface area contributed by atoms with Crippen LogP contribution in [0.5, 0.6) is 0 Å². The predicted molar refractivity (Wildman–Crippen MR) is 41.1 cm³/mol. The SMILES string of the molecule is ClCc1ccnc(CCl)n1. The van der Waals surface area contributed by atoms with E-state index in [4.69, 9.17) is 23.2 Å². The highest BCUT2D eigenvalue weighted by atomic mass is 35.5. The van der Waals surface area contributed by atoms with Gasteiger partial charge in [-0.2, -0.15) is 0 Å². The molecular weight excluding hydrogens is 171 g/mol. The monoisotopic (exact) mass is 176 g/mol. The van der Waals surface area contributed by atoms with E-state index in [1.165, 1.54) is 0 Å². The van der Waals surface area contributed by atoms with Gasteiger partial charge in [-0.25, -0.2) is 9.97 Å². The Kier molecular flexibility index (Phi) is 2.90. The van der Waals surface area contributed by atoms with Crippen molar-refractivity contribution in [3.8, 4) is 0 Å². The highest BCUT2D eigenvalue weighted by Crippen LogP contribution is 2.00. The average Bonchev–Trinajstić information content (AvgIpc) is 2.05. The van der Waals surface area contributed by atoms with Crippen LogP contribution >= 0.6 is 23.2 Å². The molecule has 0 saturated carbocycles. The van der Waals surface area contributed by atoms with E-state index in [9.17, 15) is 0 Å². The molecule has 1 aromatic heterocycles. The van der Waals surface area contributed by atoms with Crippen LogP contribution in [-0.2, 0) is 11.8 Å². The number of hydrogen-bond acceptors (Lipinski definition) is 2. The van der Waals surface area contributed by atoms with Crippen molar-refractivity contribution in [2.75, 3.05) is 0 Å². The highest BCUT2D eigenvalue weighted by molar-refractivity contribution is 6.17. The van der Waals surface area contributed by atoms with Crippen molar-refractivity contribution in [1.82, 2.24) is 9.97 Å². The standard InChI is InChI=1S/C6H6Cl2N2/c7-3-5-1-2-9-6(4-8)10-5/h1-2H,3-4H2. The lowest BCUT2D eigenvalue weighted by Gasteiger charge is -1.94. The molecule has 2 nitrogen and oxygen atoms in total. The maximum absolute atomic E-state index is 5.52. The second kappa shape index (κ2) is 3.74. The summed E-state index contributed by atoms with van der Waals surface area (Å²) in [4.78, 5) is 7.94. The smallest absolute Gasteiger partial charge is 0.143 e. The van der Waals surface area contributed by atoms with Crippen LogP contribution in [0.1, 0.15) is 11.5 Å². The lowest BCUT2D eigenvalue weighted by Crippen LogP contribution is -1.93. The molecule has 0 aromatic carbocycles. The molecule has 0 amide bonds. The molecule has 0 unspecified atom stereocenters. The summed E-state index contributed by atoms with van der Waals surface area (Å²) < 4.78 is 0. The van der Waals surface area contributed by atoms with E-state index in [1.807, 2.05) is 0 Å². The molecule has 0 aliphatic rings. The van der Waals surface area contributed by atoms with E-state index in [1.54, 1.807) is 12.3 Å². The predicted octanol–water partition coefficient (Wildman–Crippen LogP) is 1.95. The molecule has 0 saturated heterocycles. The minimum Gasteiger partial charge on any atom is -0.240 e. The maximum atomic E-state index is 5.52. The molecular formula is C6H6Cl2N2. The van der Waals surface area contributed by atoms with E-state index in [-0.39, 0.29) is 0 Å². The first-order valence-corrected chi connectivity index (χ1v) is 3.86. The normalized spacial score (nSPS) is 9.80. The molecule has 1 heterocycles. The third-order valence-corrected chi connectivity index (χ3v) is 1.53. The van der Waals surface area contributed by atoms with Crippen LogP contribution in [-0.4, -0.2) is 9.97 Å². The average molecular weight is 177 g/mol. The number of rotatable bonds is 2. The minimum atomic E-state index is 0.338. The molecule has 54 valence electrons. The van der Waals surface area contributed by atoms with Crippen LogP contribution in [0.25, 0.3) is 0 Å². The molecule has 0 N–H and O–H groups in total. The summed E-state index contributed by atoms with van der Waals surface area (Å²) in [6.07, 6.45) is 1.66. The molecule has 0 radical (unpaired) electrons. The summed E-state index contributed by atoms with van der Waals surface area (Å²) >= 11 is 11.0. The maximum Gasteiger partial charge on any atom is 0.143 e. The largest absolute Gasteiger partial charge is 0.240 e. The molecule has 0 spiro atoms. The van der Waals surface area contributed by atoms with Crippen LogP contribution in [0.15, 0.2) is 12.3 Å². The Balaban J connectivity index is 2.87. The van der Waals surface area contributed by atoms with Crippen LogP contribution in [0.3, 0.4) is 0 Å². The molecule has 0 atom stereocenters. The van der Waals surface area contributed by atoms with Gasteiger partial charge in [-0.15, -0.1) is 23.2 Å². The summed E-state index contributed by atoms with van der Waals surface area (Å²) in [7, 11) is 0. The van der Waals surface area contributed by atoms with E-state index >= 15 is 0 Å². The second-order valence-electron chi connectivity index (χ2n) is 1.73. The Morgan fingerprint density at radius 2 is 2.10 bits per heavy atom. The van der Waals surface area contributed by atoms with Crippen molar-refractivity contribution in [2.45, 2.75) is 11.8 Å². The molecule has 0 aliphatic carbocycles. The molecule has 0 bridgehead atoms. The van der Waals surface area contributed by atoms with Crippen molar-refractivity contribution >= 4 is 23.2 Å². The van der Waals surface area contributed by atoms with Gasteiger partial charge >= 0.3 is 0 Å². The second-order valence-corrected chi connectivity index (χ2v) is 2.27. The third-order valence-electron chi connectivity index (χ3n) is 1.02.